The lowest BCUT2D eigenvalue weighted by molar-refractivity contribution is -0.132. The zero-order valence-corrected chi connectivity index (χ0v) is 16.8. The summed E-state index contributed by atoms with van der Waals surface area (Å²) in [4.78, 5) is 11.6. The highest BCUT2D eigenvalue weighted by Gasteiger charge is 2.17. The molecule has 0 radical (unpaired) electrons. The Hall–Kier alpha value is -3.38. The summed E-state index contributed by atoms with van der Waals surface area (Å²) in [6.07, 6.45) is 7.02. The van der Waals surface area contributed by atoms with Gasteiger partial charge in [0.15, 0.2) is 11.5 Å². The third-order valence-corrected chi connectivity index (χ3v) is 4.53. The van der Waals surface area contributed by atoms with Crippen molar-refractivity contribution in [3.05, 3.63) is 82.5 Å². The molecule has 0 atom stereocenters. The van der Waals surface area contributed by atoms with Gasteiger partial charge in [0.25, 0.3) is 0 Å². The number of rotatable bonds is 7. The van der Waals surface area contributed by atoms with Crippen LogP contribution in [0.1, 0.15) is 11.1 Å². The third kappa shape index (κ3) is 5.12. The van der Waals surface area contributed by atoms with E-state index in [2.05, 4.69) is 5.43 Å². The van der Waals surface area contributed by atoms with Crippen molar-refractivity contribution in [2.24, 2.45) is 0 Å². The number of hydrogen-bond donors (Lipinski definition) is 2. The van der Waals surface area contributed by atoms with Crippen molar-refractivity contribution in [1.29, 1.82) is 0 Å². The summed E-state index contributed by atoms with van der Waals surface area (Å²) >= 11 is 5.90. The molecule has 0 aliphatic carbocycles. The first kappa shape index (κ1) is 20.4. The van der Waals surface area contributed by atoms with E-state index in [-0.39, 0.29) is 5.57 Å². The summed E-state index contributed by atoms with van der Waals surface area (Å²) in [6, 6.07) is 12.9. The lowest BCUT2D eigenvalue weighted by Crippen LogP contribution is -2.35. The van der Waals surface area contributed by atoms with E-state index in [1.54, 1.807) is 43.6 Å². The van der Waals surface area contributed by atoms with Gasteiger partial charge in [-0.15, -0.1) is 0 Å². The van der Waals surface area contributed by atoms with E-state index in [0.29, 0.717) is 28.8 Å². The fourth-order valence-electron chi connectivity index (χ4n) is 2.82. The maximum Gasteiger partial charge on any atom is 0.337 e. The van der Waals surface area contributed by atoms with Crippen LogP contribution in [0.25, 0.3) is 11.8 Å². The van der Waals surface area contributed by atoms with Gasteiger partial charge in [0.1, 0.15) is 0 Å². The standard InChI is InChI=1S/C22H21ClN2O4/c1-28-20-10-7-16(13-21(20)29-2)19-12-17(22(26)27)14-25(24-19)11-3-4-15-5-8-18(23)9-6-15/h3-10,12-14,24H,11H2,1-2H3,(H,26,27). The third-order valence-electron chi connectivity index (χ3n) is 4.28. The first-order chi connectivity index (χ1) is 14.0. The average Bonchev–Trinajstić information content (AvgIpc) is 2.74. The van der Waals surface area contributed by atoms with Crippen LogP contribution in [0.4, 0.5) is 0 Å². The maximum atomic E-state index is 11.6. The molecular weight excluding hydrogens is 392 g/mol. The van der Waals surface area contributed by atoms with Gasteiger partial charge in [-0.2, -0.15) is 0 Å². The molecule has 0 saturated heterocycles. The normalized spacial score (nSPS) is 13.6. The van der Waals surface area contributed by atoms with Gasteiger partial charge in [-0.3, -0.25) is 10.4 Å². The lowest BCUT2D eigenvalue weighted by Gasteiger charge is -2.27. The number of nitrogens with zero attached hydrogens (tertiary/aromatic N) is 1. The first-order valence-corrected chi connectivity index (χ1v) is 9.22. The number of carbonyl (C=O) groups is 1. The Morgan fingerprint density at radius 2 is 1.86 bits per heavy atom. The minimum atomic E-state index is -1.00. The number of nitrogens with one attached hydrogen (secondary N) is 1. The summed E-state index contributed by atoms with van der Waals surface area (Å²) in [6.45, 7) is 0.462. The Balaban J connectivity index is 1.80. The fourth-order valence-corrected chi connectivity index (χ4v) is 2.95. The van der Waals surface area contributed by atoms with Crippen molar-refractivity contribution in [2.75, 3.05) is 20.8 Å². The monoisotopic (exact) mass is 412 g/mol. The molecule has 29 heavy (non-hydrogen) atoms. The van der Waals surface area contributed by atoms with E-state index >= 15 is 0 Å². The Bertz CT molecular complexity index is 981. The van der Waals surface area contributed by atoms with E-state index < -0.39 is 5.97 Å². The molecule has 0 amide bonds. The van der Waals surface area contributed by atoms with Crippen molar-refractivity contribution < 1.29 is 19.4 Å². The van der Waals surface area contributed by atoms with Gasteiger partial charge in [0.05, 0.1) is 32.0 Å². The number of methoxy groups -OCH3 is 2. The number of carboxylic acids is 1. The zero-order valence-electron chi connectivity index (χ0n) is 16.1. The summed E-state index contributed by atoms with van der Waals surface area (Å²) < 4.78 is 10.6. The van der Waals surface area contributed by atoms with E-state index in [1.807, 2.05) is 42.5 Å². The van der Waals surface area contributed by atoms with Crippen molar-refractivity contribution in [3.63, 3.8) is 0 Å². The van der Waals surface area contributed by atoms with E-state index in [0.717, 1.165) is 11.1 Å². The van der Waals surface area contributed by atoms with E-state index in [1.165, 1.54) is 0 Å². The first-order valence-electron chi connectivity index (χ1n) is 8.85. The highest BCUT2D eigenvalue weighted by Crippen LogP contribution is 2.31. The molecule has 0 fully saturated rings. The molecule has 0 saturated carbocycles. The second-order valence-corrected chi connectivity index (χ2v) is 6.67. The molecule has 1 aliphatic rings. The SMILES string of the molecule is COc1ccc(C2=CC(C(=O)O)=CN(CC=Cc3ccc(Cl)cc3)N2)cc1OC. The van der Waals surface area contributed by atoms with E-state index in [9.17, 15) is 9.90 Å². The van der Waals surface area contributed by atoms with Crippen LogP contribution in [0.2, 0.25) is 5.02 Å². The van der Waals surface area contributed by atoms with Crippen molar-refractivity contribution in [1.82, 2.24) is 10.4 Å². The molecule has 2 aromatic rings. The summed E-state index contributed by atoms with van der Waals surface area (Å²) in [5, 5.41) is 11.9. The predicted molar refractivity (Wildman–Crippen MR) is 114 cm³/mol. The van der Waals surface area contributed by atoms with Crippen LogP contribution >= 0.6 is 11.6 Å². The number of hydrogen-bond acceptors (Lipinski definition) is 5. The molecule has 0 aromatic heterocycles. The topological polar surface area (TPSA) is 71.0 Å². The minimum Gasteiger partial charge on any atom is -0.493 e. The van der Waals surface area contributed by atoms with Crippen LogP contribution < -0.4 is 14.9 Å². The molecule has 2 aromatic carbocycles. The van der Waals surface area contributed by atoms with Crippen LogP contribution in [0.15, 0.2) is 66.4 Å². The van der Waals surface area contributed by atoms with Crippen LogP contribution in [-0.4, -0.2) is 36.8 Å². The van der Waals surface area contributed by atoms with Crippen molar-refractivity contribution in [3.8, 4) is 11.5 Å². The van der Waals surface area contributed by atoms with Gasteiger partial charge < -0.3 is 14.6 Å². The number of carboxylic acid groups (broad SMARTS) is 1. The lowest BCUT2D eigenvalue weighted by atomic mass is 10.1. The Labute approximate surface area is 174 Å². The summed E-state index contributed by atoms with van der Waals surface area (Å²) in [7, 11) is 3.12. The Morgan fingerprint density at radius 3 is 2.52 bits per heavy atom. The molecule has 1 heterocycles. The fraction of sp³-hybridized carbons (Fsp3) is 0.136. The number of halogens is 1. The number of benzene rings is 2. The highest BCUT2D eigenvalue weighted by molar-refractivity contribution is 6.30. The molecular formula is C22H21ClN2O4. The predicted octanol–water partition coefficient (Wildman–Crippen LogP) is 4.20. The average molecular weight is 413 g/mol. The Morgan fingerprint density at radius 1 is 1.14 bits per heavy atom. The largest absolute Gasteiger partial charge is 0.493 e. The molecule has 1 aliphatic heterocycles. The van der Waals surface area contributed by atoms with Gasteiger partial charge >= 0.3 is 5.97 Å². The summed E-state index contributed by atoms with van der Waals surface area (Å²) in [5.41, 5.74) is 5.83. The van der Waals surface area contributed by atoms with Crippen LogP contribution in [0.5, 0.6) is 11.5 Å². The molecule has 150 valence electrons. The summed E-state index contributed by atoms with van der Waals surface area (Å²) in [5.74, 6) is 0.161. The molecule has 2 N–H and O–H groups in total. The molecule has 0 spiro atoms. The van der Waals surface area contributed by atoms with Crippen LogP contribution in [0.3, 0.4) is 0 Å². The second kappa shape index (κ2) is 9.21. The molecule has 0 bridgehead atoms. The van der Waals surface area contributed by atoms with Crippen LogP contribution in [0, 0.1) is 0 Å². The maximum absolute atomic E-state index is 11.6. The molecule has 3 rings (SSSR count). The molecule has 7 heteroatoms. The Kier molecular flexibility index (Phi) is 6.46. The quantitative estimate of drug-likeness (QED) is 0.710. The van der Waals surface area contributed by atoms with Gasteiger partial charge in [0, 0.05) is 16.8 Å². The smallest absolute Gasteiger partial charge is 0.337 e. The second-order valence-electron chi connectivity index (χ2n) is 6.24. The van der Waals surface area contributed by atoms with Crippen molar-refractivity contribution in [2.45, 2.75) is 0 Å². The highest BCUT2D eigenvalue weighted by atomic mass is 35.5. The zero-order chi connectivity index (χ0) is 20.8. The van der Waals surface area contributed by atoms with Gasteiger partial charge in [0.2, 0.25) is 0 Å². The number of aliphatic carboxylic acids is 1. The van der Waals surface area contributed by atoms with E-state index in [4.69, 9.17) is 21.1 Å². The number of ether oxygens (including phenoxy) is 2. The van der Waals surface area contributed by atoms with Gasteiger partial charge in [-0.25, -0.2) is 4.79 Å². The minimum absolute atomic E-state index is 0.174. The van der Waals surface area contributed by atoms with Crippen molar-refractivity contribution >= 4 is 29.3 Å². The molecule has 6 nitrogen and oxygen atoms in total. The van der Waals surface area contributed by atoms with Gasteiger partial charge in [-0.05, 0) is 42.0 Å². The van der Waals surface area contributed by atoms with Crippen LogP contribution in [-0.2, 0) is 4.79 Å². The number of hydrazine groups is 1. The molecule has 0 unspecified atom stereocenters. The van der Waals surface area contributed by atoms with Gasteiger partial charge in [-0.1, -0.05) is 35.9 Å².